The van der Waals surface area contributed by atoms with Crippen LogP contribution in [0.4, 0.5) is 11.4 Å². The zero-order chi connectivity index (χ0) is 22.5. The molecule has 0 saturated carbocycles. The summed E-state index contributed by atoms with van der Waals surface area (Å²) in [4.78, 5) is 40.9. The van der Waals surface area contributed by atoms with Crippen molar-refractivity contribution in [3.05, 3.63) is 59.7 Å². The van der Waals surface area contributed by atoms with Crippen LogP contribution in [0.3, 0.4) is 0 Å². The SMILES string of the molecule is Cc1ccc(/C=C/C(=O)Nc2ccc3c(c2)N(CC(=O)N2CCCCC2)C(=O)CO3)cc1. The molecule has 0 spiro atoms. The van der Waals surface area contributed by atoms with Gasteiger partial charge in [0.2, 0.25) is 11.8 Å². The molecule has 1 N–H and O–H groups in total. The van der Waals surface area contributed by atoms with E-state index in [9.17, 15) is 14.4 Å². The number of carbonyl (C=O) groups is 3. The molecule has 2 aromatic carbocycles. The van der Waals surface area contributed by atoms with Crippen molar-refractivity contribution in [2.24, 2.45) is 0 Å². The minimum absolute atomic E-state index is 0.0279. The first-order chi connectivity index (χ1) is 15.5. The van der Waals surface area contributed by atoms with Crippen LogP contribution < -0.4 is 15.0 Å². The molecular formula is C25H27N3O4. The average molecular weight is 434 g/mol. The summed E-state index contributed by atoms with van der Waals surface area (Å²) in [6.07, 6.45) is 6.31. The number of carbonyl (C=O) groups excluding carboxylic acids is 3. The van der Waals surface area contributed by atoms with Gasteiger partial charge in [0.25, 0.3) is 5.91 Å². The molecule has 0 aromatic heterocycles. The van der Waals surface area contributed by atoms with Gasteiger partial charge in [-0.2, -0.15) is 0 Å². The Morgan fingerprint density at radius 3 is 2.56 bits per heavy atom. The minimum Gasteiger partial charge on any atom is -0.482 e. The number of fused-ring (bicyclic) bond motifs is 1. The van der Waals surface area contributed by atoms with Crippen molar-refractivity contribution in [3.8, 4) is 5.75 Å². The molecule has 7 nitrogen and oxygen atoms in total. The lowest BCUT2D eigenvalue weighted by molar-refractivity contribution is -0.132. The van der Waals surface area contributed by atoms with Crippen molar-refractivity contribution in [1.29, 1.82) is 0 Å². The molecule has 2 aliphatic heterocycles. The molecule has 0 radical (unpaired) electrons. The van der Waals surface area contributed by atoms with Gasteiger partial charge in [0, 0.05) is 24.9 Å². The number of piperidine rings is 1. The Kier molecular flexibility index (Phi) is 6.54. The summed E-state index contributed by atoms with van der Waals surface area (Å²) >= 11 is 0. The quantitative estimate of drug-likeness (QED) is 0.734. The summed E-state index contributed by atoms with van der Waals surface area (Å²) < 4.78 is 5.53. The van der Waals surface area contributed by atoms with E-state index in [1.807, 2.05) is 36.1 Å². The van der Waals surface area contributed by atoms with Gasteiger partial charge in [-0.3, -0.25) is 19.3 Å². The largest absolute Gasteiger partial charge is 0.482 e. The molecule has 0 bridgehead atoms. The van der Waals surface area contributed by atoms with Gasteiger partial charge in [-0.1, -0.05) is 29.8 Å². The molecule has 2 heterocycles. The number of likely N-dealkylation sites (tertiary alicyclic amines) is 1. The van der Waals surface area contributed by atoms with Gasteiger partial charge in [0.15, 0.2) is 6.61 Å². The van der Waals surface area contributed by atoms with E-state index in [4.69, 9.17) is 4.74 Å². The van der Waals surface area contributed by atoms with Crippen LogP contribution in [0.25, 0.3) is 6.08 Å². The number of benzene rings is 2. The zero-order valence-electron chi connectivity index (χ0n) is 18.2. The first-order valence-corrected chi connectivity index (χ1v) is 10.9. The summed E-state index contributed by atoms with van der Waals surface area (Å²) in [6, 6.07) is 13.0. The van der Waals surface area contributed by atoms with Crippen molar-refractivity contribution < 1.29 is 19.1 Å². The molecule has 7 heteroatoms. The van der Waals surface area contributed by atoms with Crippen molar-refractivity contribution in [3.63, 3.8) is 0 Å². The molecule has 166 valence electrons. The molecular weight excluding hydrogens is 406 g/mol. The predicted molar refractivity (Wildman–Crippen MR) is 124 cm³/mol. The first kappa shape index (κ1) is 21.6. The van der Waals surface area contributed by atoms with Crippen LogP contribution in [0.5, 0.6) is 5.75 Å². The topological polar surface area (TPSA) is 79.0 Å². The highest BCUT2D eigenvalue weighted by Crippen LogP contribution is 2.34. The normalized spacial score (nSPS) is 16.0. The molecule has 1 saturated heterocycles. The third kappa shape index (κ3) is 5.17. The molecule has 4 rings (SSSR count). The third-order valence-corrected chi connectivity index (χ3v) is 5.68. The van der Waals surface area contributed by atoms with Crippen molar-refractivity contribution in [1.82, 2.24) is 4.90 Å². The number of hydrogen-bond donors (Lipinski definition) is 1. The lowest BCUT2D eigenvalue weighted by Crippen LogP contribution is -2.47. The number of anilines is 2. The van der Waals surface area contributed by atoms with Gasteiger partial charge in [-0.15, -0.1) is 0 Å². The second-order valence-corrected chi connectivity index (χ2v) is 8.13. The van der Waals surface area contributed by atoms with E-state index in [-0.39, 0.29) is 30.9 Å². The fourth-order valence-corrected chi connectivity index (χ4v) is 3.87. The van der Waals surface area contributed by atoms with Crippen LogP contribution in [-0.2, 0) is 14.4 Å². The molecule has 0 unspecified atom stereocenters. The van der Waals surface area contributed by atoms with E-state index in [1.54, 1.807) is 24.3 Å². The summed E-state index contributed by atoms with van der Waals surface area (Å²) in [5, 5.41) is 2.81. The Bertz CT molecular complexity index is 1040. The number of hydrogen-bond acceptors (Lipinski definition) is 4. The Morgan fingerprint density at radius 2 is 1.81 bits per heavy atom. The van der Waals surface area contributed by atoms with Gasteiger partial charge in [-0.05, 0) is 56.0 Å². The Morgan fingerprint density at radius 1 is 1.06 bits per heavy atom. The van der Waals surface area contributed by atoms with Crippen LogP contribution in [0.1, 0.15) is 30.4 Å². The number of ether oxygens (including phenoxy) is 1. The molecule has 32 heavy (non-hydrogen) atoms. The standard InChI is InChI=1S/C25H27N3O4/c1-18-5-7-19(8-6-18)9-12-23(29)26-20-10-11-22-21(15-20)28(25(31)17-32-22)16-24(30)27-13-3-2-4-14-27/h5-12,15H,2-4,13-14,16-17H2,1H3,(H,26,29)/b12-9+. The number of amides is 3. The Balaban J connectivity index is 1.46. The summed E-state index contributed by atoms with van der Waals surface area (Å²) in [7, 11) is 0. The lowest BCUT2D eigenvalue weighted by atomic mass is 10.1. The Hall–Kier alpha value is -3.61. The molecule has 0 atom stereocenters. The second-order valence-electron chi connectivity index (χ2n) is 8.13. The third-order valence-electron chi connectivity index (χ3n) is 5.68. The zero-order valence-corrected chi connectivity index (χ0v) is 18.2. The molecule has 1 fully saturated rings. The summed E-state index contributed by atoms with van der Waals surface area (Å²) in [5.74, 6) is -0.110. The number of nitrogens with zero attached hydrogens (tertiary/aromatic N) is 2. The number of aryl methyl sites for hydroxylation is 1. The maximum Gasteiger partial charge on any atom is 0.265 e. The number of nitrogens with one attached hydrogen (secondary N) is 1. The maximum atomic E-state index is 12.7. The van der Waals surface area contributed by atoms with Gasteiger partial charge in [-0.25, -0.2) is 0 Å². The summed E-state index contributed by atoms with van der Waals surface area (Å²) in [6.45, 7) is 3.33. The number of rotatable bonds is 5. The van der Waals surface area contributed by atoms with Crippen LogP contribution in [-0.4, -0.2) is 48.9 Å². The van der Waals surface area contributed by atoms with Crippen LogP contribution in [0.15, 0.2) is 48.5 Å². The van der Waals surface area contributed by atoms with Crippen LogP contribution in [0, 0.1) is 6.92 Å². The smallest absolute Gasteiger partial charge is 0.265 e. The fraction of sp³-hybridized carbons (Fsp3) is 0.320. The predicted octanol–water partition coefficient (Wildman–Crippen LogP) is 3.38. The summed E-state index contributed by atoms with van der Waals surface area (Å²) in [5.41, 5.74) is 3.10. The highest BCUT2D eigenvalue weighted by Gasteiger charge is 2.29. The van der Waals surface area contributed by atoms with Crippen LogP contribution in [0.2, 0.25) is 0 Å². The first-order valence-electron chi connectivity index (χ1n) is 10.9. The highest BCUT2D eigenvalue weighted by molar-refractivity contribution is 6.05. The Labute approximate surface area is 187 Å². The van der Waals surface area contributed by atoms with Gasteiger partial charge >= 0.3 is 0 Å². The fourth-order valence-electron chi connectivity index (χ4n) is 3.87. The van der Waals surface area contributed by atoms with E-state index >= 15 is 0 Å². The average Bonchev–Trinajstić information content (AvgIpc) is 2.81. The second kappa shape index (κ2) is 9.68. The van der Waals surface area contributed by atoms with Crippen molar-refractivity contribution >= 4 is 35.2 Å². The van der Waals surface area contributed by atoms with E-state index in [1.165, 1.54) is 11.0 Å². The monoisotopic (exact) mass is 433 g/mol. The minimum atomic E-state index is -0.287. The van der Waals surface area contributed by atoms with E-state index in [0.29, 0.717) is 17.1 Å². The molecule has 0 aliphatic carbocycles. The van der Waals surface area contributed by atoms with E-state index < -0.39 is 0 Å². The molecule has 2 aliphatic rings. The molecule has 2 aromatic rings. The van der Waals surface area contributed by atoms with E-state index in [2.05, 4.69) is 5.32 Å². The van der Waals surface area contributed by atoms with Crippen LogP contribution >= 0.6 is 0 Å². The highest BCUT2D eigenvalue weighted by atomic mass is 16.5. The molecule has 3 amide bonds. The van der Waals surface area contributed by atoms with Gasteiger partial charge in [0.1, 0.15) is 12.3 Å². The maximum absolute atomic E-state index is 12.7. The van der Waals surface area contributed by atoms with Crippen molar-refractivity contribution in [2.45, 2.75) is 26.2 Å². The van der Waals surface area contributed by atoms with Gasteiger partial charge < -0.3 is 15.0 Å². The van der Waals surface area contributed by atoms with Gasteiger partial charge in [0.05, 0.1) is 5.69 Å². The van der Waals surface area contributed by atoms with E-state index in [0.717, 1.165) is 43.5 Å². The lowest BCUT2D eigenvalue weighted by Gasteiger charge is -2.33. The van der Waals surface area contributed by atoms with Crippen molar-refractivity contribution in [2.75, 3.05) is 36.5 Å².